The molecular formula is C19H24ClN7O4S. The quantitative estimate of drug-likeness (QED) is 0.304. The van der Waals surface area contributed by atoms with Gasteiger partial charge in [0, 0.05) is 31.9 Å². The Kier molecular flexibility index (Phi) is 7.59. The summed E-state index contributed by atoms with van der Waals surface area (Å²) >= 11 is 5.81. The Bertz CT molecular complexity index is 1090. The van der Waals surface area contributed by atoms with Crippen molar-refractivity contribution in [2.75, 3.05) is 7.11 Å². The van der Waals surface area contributed by atoms with Crippen molar-refractivity contribution in [1.82, 2.24) is 30.5 Å². The maximum absolute atomic E-state index is 13.0. The van der Waals surface area contributed by atoms with E-state index >= 15 is 0 Å². The van der Waals surface area contributed by atoms with E-state index in [1.165, 1.54) is 32.6 Å². The Morgan fingerprint density at radius 1 is 1.22 bits per heavy atom. The summed E-state index contributed by atoms with van der Waals surface area (Å²) in [6.45, 7) is 3.27. The number of aliphatic imine (C=N–C) groups is 1. The summed E-state index contributed by atoms with van der Waals surface area (Å²) < 4.78 is 33.8. The summed E-state index contributed by atoms with van der Waals surface area (Å²) in [5, 5.41) is -0.767. The zero-order valence-electron chi connectivity index (χ0n) is 17.7. The van der Waals surface area contributed by atoms with Gasteiger partial charge in [0.2, 0.25) is 16.0 Å². The maximum atomic E-state index is 13.0. The molecule has 13 heteroatoms. The molecule has 3 rings (SSSR count). The number of pyridine rings is 1. The van der Waals surface area contributed by atoms with Crippen LogP contribution in [0.25, 0.3) is 0 Å². The lowest BCUT2D eigenvalue weighted by Crippen LogP contribution is -2.52. The molecule has 0 saturated heterocycles. The standard InChI is InChI=1S/C19H24ClN7O4S/c1-11-6-13(8-21-7-11)18(28)25-26-19(24-15-4-5-15)27-32(29,30)12(2)16(31-3)17-22-9-14(20)10-23-17/h6-10,12,15-16H,4-5H2,1-3H3,(H,25,28)(H2,24,26,27)/t12-,16-/m0/s1. The average molecular weight is 482 g/mol. The van der Waals surface area contributed by atoms with Crippen LogP contribution >= 0.6 is 11.6 Å². The number of halogens is 1. The molecule has 2 atom stereocenters. The van der Waals surface area contributed by atoms with Crippen LogP contribution in [-0.2, 0) is 14.8 Å². The molecule has 0 unspecified atom stereocenters. The number of aromatic nitrogens is 3. The first-order chi connectivity index (χ1) is 15.2. The number of guanidine groups is 1. The van der Waals surface area contributed by atoms with Crippen molar-refractivity contribution >= 4 is 33.5 Å². The van der Waals surface area contributed by atoms with Crippen LogP contribution < -0.4 is 15.6 Å². The molecule has 0 aliphatic heterocycles. The van der Waals surface area contributed by atoms with Crippen LogP contribution in [0.2, 0.25) is 5.02 Å². The number of hydrogen-bond acceptors (Lipinski definition) is 8. The van der Waals surface area contributed by atoms with Crippen LogP contribution in [0.1, 0.15) is 47.6 Å². The van der Waals surface area contributed by atoms with Gasteiger partial charge in [-0.1, -0.05) is 11.6 Å². The van der Waals surface area contributed by atoms with Crippen molar-refractivity contribution in [1.29, 1.82) is 0 Å². The number of amides is 1. The van der Waals surface area contributed by atoms with Crippen LogP contribution in [0.3, 0.4) is 0 Å². The summed E-state index contributed by atoms with van der Waals surface area (Å²) in [4.78, 5) is 28.8. The minimum atomic E-state index is -4.01. The molecule has 2 aromatic heterocycles. The summed E-state index contributed by atoms with van der Waals surface area (Å²) in [7, 11) is -2.65. The SMILES string of the molecule is CO[C@H](c1ncc(Cl)cn1)[C@H](C)S(=O)(=O)NC(=NC1CC1)NNC(=O)c1cncc(C)c1. The van der Waals surface area contributed by atoms with Gasteiger partial charge in [0.05, 0.1) is 16.6 Å². The Labute approximate surface area is 191 Å². The molecule has 172 valence electrons. The smallest absolute Gasteiger partial charge is 0.271 e. The first-order valence-corrected chi connectivity index (χ1v) is 11.7. The van der Waals surface area contributed by atoms with Gasteiger partial charge in [0.25, 0.3) is 5.91 Å². The van der Waals surface area contributed by atoms with Crippen molar-refractivity contribution in [2.24, 2.45) is 4.99 Å². The highest BCUT2D eigenvalue weighted by atomic mass is 35.5. The number of nitrogens with zero attached hydrogens (tertiary/aromatic N) is 4. The predicted molar refractivity (Wildman–Crippen MR) is 118 cm³/mol. The maximum Gasteiger partial charge on any atom is 0.271 e. The highest BCUT2D eigenvalue weighted by molar-refractivity contribution is 7.90. The molecule has 3 N–H and O–H groups in total. The minimum Gasteiger partial charge on any atom is -0.372 e. The highest BCUT2D eigenvalue weighted by Crippen LogP contribution is 2.24. The lowest BCUT2D eigenvalue weighted by Gasteiger charge is -2.23. The second-order valence-electron chi connectivity index (χ2n) is 7.31. The van der Waals surface area contributed by atoms with E-state index in [9.17, 15) is 13.2 Å². The molecule has 0 radical (unpaired) electrons. The number of carbonyl (C=O) groups excluding carboxylic acids is 1. The molecule has 1 aliphatic rings. The average Bonchev–Trinajstić information content (AvgIpc) is 3.57. The van der Waals surface area contributed by atoms with Gasteiger partial charge in [-0.15, -0.1) is 0 Å². The van der Waals surface area contributed by atoms with Gasteiger partial charge in [-0.2, -0.15) is 0 Å². The van der Waals surface area contributed by atoms with Gasteiger partial charge >= 0.3 is 0 Å². The molecule has 32 heavy (non-hydrogen) atoms. The van der Waals surface area contributed by atoms with Crippen LogP contribution in [0.15, 0.2) is 35.8 Å². The van der Waals surface area contributed by atoms with E-state index < -0.39 is 27.3 Å². The molecule has 1 amide bonds. The van der Waals surface area contributed by atoms with E-state index in [0.29, 0.717) is 10.6 Å². The van der Waals surface area contributed by atoms with E-state index in [2.05, 4.69) is 35.5 Å². The number of nitrogens with one attached hydrogen (secondary N) is 3. The molecule has 0 aromatic carbocycles. The second kappa shape index (κ2) is 10.2. The van der Waals surface area contributed by atoms with Crippen molar-refractivity contribution in [3.63, 3.8) is 0 Å². The number of methoxy groups -OCH3 is 1. The van der Waals surface area contributed by atoms with Crippen molar-refractivity contribution < 1.29 is 17.9 Å². The normalized spacial score (nSPS) is 16.2. The van der Waals surface area contributed by atoms with Crippen LogP contribution in [-0.4, -0.2) is 53.6 Å². The third-order valence-electron chi connectivity index (χ3n) is 4.59. The zero-order valence-corrected chi connectivity index (χ0v) is 19.3. The third-order valence-corrected chi connectivity index (χ3v) is 6.49. The fourth-order valence-electron chi connectivity index (χ4n) is 2.70. The Morgan fingerprint density at radius 3 is 2.50 bits per heavy atom. The minimum absolute atomic E-state index is 0.0223. The fraction of sp³-hybridized carbons (Fsp3) is 0.421. The van der Waals surface area contributed by atoms with E-state index in [0.717, 1.165) is 18.4 Å². The monoisotopic (exact) mass is 481 g/mol. The third kappa shape index (κ3) is 6.34. The summed E-state index contributed by atoms with van der Waals surface area (Å²) in [6.07, 6.45) is 6.45. The van der Waals surface area contributed by atoms with E-state index in [1.807, 2.05) is 6.92 Å². The summed E-state index contributed by atoms with van der Waals surface area (Å²) in [5.74, 6) is -0.412. The molecule has 1 fully saturated rings. The predicted octanol–water partition coefficient (Wildman–Crippen LogP) is 1.28. The van der Waals surface area contributed by atoms with Gasteiger partial charge in [-0.05, 0) is 38.3 Å². The van der Waals surface area contributed by atoms with E-state index in [1.54, 1.807) is 12.3 Å². The lowest BCUT2D eigenvalue weighted by molar-refractivity contribution is 0.0939. The molecule has 0 bridgehead atoms. The first kappa shape index (κ1) is 23.8. The molecule has 0 spiro atoms. The molecular weight excluding hydrogens is 458 g/mol. The van der Waals surface area contributed by atoms with Crippen molar-refractivity contribution in [3.8, 4) is 0 Å². The molecule has 1 saturated carbocycles. The molecule has 2 aromatic rings. The number of rotatable bonds is 7. The van der Waals surface area contributed by atoms with E-state index in [4.69, 9.17) is 16.3 Å². The second-order valence-corrected chi connectivity index (χ2v) is 9.78. The summed E-state index contributed by atoms with van der Waals surface area (Å²) in [6, 6.07) is 1.63. The van der Waals surface area contributed by atoms with Crippen molar-refractivity contribution in [2.45, 2.75) is 44.1 Å². The number of hydrazine groups is 1. The number of hydrogen-bond donors (Lipinski definition) is 3. The van der Waals surface area contributed by atoms with Gasteiger partial charge in [-0.3, -0.25) is 25.4 Å². The Morgan fingerprint density at radius 2 is 1.91 bits per heavy atom. The molecule has 1 aliphatic carbocycles. The largest absolute Gasteiger partial charge is 0.372 e. The van der Waals surface area contributed by atoms with Crippen LogP contribution in [0.5, 0.6) is 0 Å². The Balaban J connectivity index is 1.72. The van der Waals surface area contributed by atoms with E-state index in [-0.39, 0.29) is 17.8 Å². The fourth-order valence-corrected chi connectivity index (χ4v) is 3.92. The first-order valence-electron chi connectivity index (χ1n) is 9.77. The van der Waals surface area contributed by atoms with Crippen LogP contribution in [0.4, 0.5) is 0 Å². The molecule has 2 heterocycles. The zero-order chi connectivity index (χ0) is 23.3. The number of sulfonamides is 1. The van der Waals surface area contributed by atoms with Gasteiger partial charge in [-0.25, -0.2) is 23.4 Å². The summed E-state index contributed by atoms with van der Waals surface area (Å²) in [5.41, 5.74) is 6.14. The molecule has 11 nitrogen and oxygen atoms in total. The number of carbonyl (C=O) groups is 1. The van der Waals surface area contributed by atoms with Crippen LogP contribution in [0, 0.1) is 6.92 Å². The Hall–Kier alpha value is -2.83. The highest BCUT2D eigenvalue weighted by Gasteiger charge is 2.34. The van der Waals surface area contributed by atoms with Crippen molar-refractivity contribution in [3.05, 3.63) is 52.8 Å². The van der Waals surface area contributed by atoms with Gasteiger partial charge in [0.15, 0.2) is 5.82 Å². The number of aryl methyl sites for hydroxylation is 1. The topological polar surface area (TPSA) is 148 Å². The van der Waals surface area contributed by atoms with Gasteiger partial charge in [0.1, 0.15) is 11.4 Å². The van der Waals surface area contributed by atoms with Gasteiger partial charge < -0.3 is 4.74 Å². The number of ether oxygens (including phenoxy) is 1. The lowest BCUT2D eigenvalue weighted by atomic mass is 10.2.